The van der Waals surface area contributed by atoms with Crippen LogP contribution in [0.2, 0.25) is 0 Å². The molecule has 8 heteroatoms. The molecular weight excluding hydrogens is 252 g/mol. The van der Waals surface area contributed by atoms with Crippen molar-refractivity contribution in [3.8, 4) is 0 Å². The molecule has 1 aromatic rings. The summed E-state index contributed by atoms with van der Waals surface area (Å²) >= 11 is 0. The zero-order valence-electron chi connectivity index (χ0n) is 10.6. The number of aryl methyl sites for hydroxylation is 1. The molecule has 0 atom stereocenters. The van der Waals surface area contributed by atoms with Gasteiger partial charge in [0, 0.05) is 12.6 Å². The quantitative estimate of drug-likeness (QED) is 0.626. The van der Waals surface area contributed by atoms with Crippen molar-refractivity contribution in [1.82, 2.24) is 15.6 Å². The third-order valence-electron chi connectivity index (χ3n) is 2.29. The van der Waals surface area contributed by atoms with Gasteiger partial charge in [-0.25, -0.2) is 4.79 Å². The van der Waals surface area contributed by atoms with Crippen LogP contribution in [0.15, 0.2) is 12.3 Å². The Labute approximate surface area is 109 Å². The average molecular weight is 266 g/mol. The number of pyridine rings is 1. The minimum atomic E-state index is -0.650. The molecule has 8 nitrogen and oxygen atoms in total. The molecule has 0 aliphatic heterocycles. The van der Waals surface area contributed by atoms with Gasteiger partial charge in [0.1, 0.15) is 0 Å². The number of urea groups is 1. The number of hydrogen-bond donors (Lipinski definition) is 2. The maximum atomic E-state index is 11.7. The van der Waals surface area contributed by atoms with Crippen LogP contribution in [0.5, 0.6) is 0 Å². The second-order valence-electron chi connectivity index (χ2n) is 3.82. The Hall–Kier alpha value is -2.51. The van der Waals surface area contributed by atoms with Crippen LogP contribution in [-0.2, 0) is 0 Å². The predicted octanol–water partition coefficient (Wildman–Crippen LogP) is 1.15. The van der Waals surface area contributed by atoms with E-state index in [0.717, 1.165) is 12.6 Å². The average Bonchev–Trinajstić information content (AvgIpc) is 2.35. The molecule has 1 heterocycles. The summed E-state index contributed by atoms with van der Waals surface area (Å²) in [5, 5.41) is 15.1. The maximum Gasteiger partial charge on any atom is 0.363 e. The highest BCUT2D eigenvalue weighted by atomic mass is 16.6. The van der Waals surface area contributed by atoms with E-state index >= 15 is 0 Å². The number of rotatable bonds is 4. The third-order valence-corrected chi connectivity index (χ3v) is 2.29. The zero-order chi connectivity index (χ0) is 14.4. The van der Waals surface area contributed by atoms with Crippen LogP contribution in [-0.4, -0.2) is 28.4 Å². The Bertz CT molecular complexity index is 515. The summed E-state index contributed by atoms with van der Waals surface area (Å²) in [7, 11) is 0. The summed E-state index contributed by atoms with van der Waals surface area (Å²) < 4.78 is 0. The first-order valence-electron chi connectivity index (χ1n) is 5.66. The van der Waals surface area contributed by atoms with Gasteiger partial charge in [0.05, 0.1) is 5.56 Å². The SMILES string of the molecule is CCCNC(=O)NC(=O)c1cnc([N+](=O)[O-])cc1C. The van der Waals surface area contributed by atoms with Gasteiger partial charge in [-0.05, 0) is 28.8 Å². The van der Waals surface area contributed by atoms with Gasteiger partial charge in [0.15, 0.2) is 6.20 Å². The maximum absolute atomic E-state index is 11.7. The fourth-order valence-corrected chi connectivity index (χ4v) is 1.33. The molecule has 0 bridgehead atoms. The molecule has 0 aliphatic rings. The summed E-state index contributed by atoms with van der Waals surface area (Å²) in [4.78, 5) is 36.4. The highest BCUT2D eigenvalue weighted by Crippen LogP contribution is 2.13. The van der Waals surface area contributed by atoms with Crippen LogP contribution in [0.25, 0.3) is 0 Å². The number of imide groups is 1. The Morgan fingerprint density at radius 1 is 1.47 bits per heavy atom. The number of carbonyl (C=O) groups is 2. The Kier molecular flexibility index (Phi) is 4.92. The van der Waals surface area contributed by atoms with Crippen LogP contribution in [0.4, 0.5) is 10.6 Å². The van der Waals surface area contributed by atoms with Crippen LogP contribution >= 0.6 is 0 Å². The van der Waals surface area contributed by atoms with Crippen LogP contribution in [0.1, 0.15) is 29.3 Å². The smallest absolute Gasteiger partial charge is 0.358 e. The molecule has 0 saturated heterocycles. The van der Waals surface area contributed by atoms with Crippen molar-refractivity contribution in [2.45, 2.75) is 20.3 Å². The zero-order valence-corrected chi connectivity index (χ0v) is 10.6. The lowest BCUT2D eigenvalue weighted by Crippen LogP contribution is -2.40. The van der Waals surface area contributed by atoms with Gasteiger partial charge in [0.25, 0.3) is 5.91 Å². The molecule has 19 heavy (non-hydrogen) atoms. The standard InChI is InChI=1S/C11H14N4O4/c1-3-4-12-11(17)14-10(16)8-6-13-9(15(18)19)5-7(8)2/h5-6H,3-4H2,1-2H3,(H2,12,14,16,17). The molecule has 0 radical (unpaired) electrons. The molecule has 0 saturated carbocycles. The molecule has 2 N–H and O–H groups in total. The van der Waals surface area contributed by atoms with Gasteiger partial charge in [0.2, 0.25) is 0 Å². The van der Waals surface area contributed by atoms with Crippen LogP contribution in [0.3, 0.4) is 0 Å². The second kappa shape index (κ2) is 6.43. The number of hydrogen-bond acceptors (Lipinski definition) is 5. The minimum absolute atomic E-state index is 0.122. The van der Waals surface area contributed by atoms with Gasteiger partial charge in [-0.3, -0.25) is 10.1 Å². The highest BCUT2D eigenvalue weighted by Gasteiger charge is 2.17. The van der Waals surface area contributed by atoms with Crippen LogP contribution in [0, 0.1) is 17.0 Å². The summed E-state index contributed by atoms with van der Waals surface area (Å²) in [6.45, 7) is 3.87. The molecule has 0 aliphatic carbocycles. The Morgan fingerprint density at radius 3 is 2.68 bits per heavy atom. The van der Waals surface area contributed by atoms with Crippen molar-refractivity contribution in [2.75, 3.05) is 6.54 Å². The molecule has 0 fully saturated rings. The lowest BCUT2D eigenvalue weighted by atomic mass is 10.1. The van der Waals surface area contributed by atoms with E-state index in [-0.39, 0.29) is 11.4 Å². The fourth-order valence-electron chi connectivity index (χ4n) is 1.33. The molecule has 102 valence electrons. The molecule has 0 spiro atoms. The van der Waals surface area contributed by atoms with E-state index < -0.39 is 16.9 Å². The topological polar surface area (TPSA) is 114 Å². The van der Waals surface area contributed by atoms with E-state index in [1.165, 1.54) is 13.0 Å². The predicted molar refractivity (Wildman–Crippen MR) is 66.8 cm³/mol. The number of amides is 3. The first-order chi connectivity index (χ1) is 8.95. The molecule has 0 unspecified atom stereocenters. The summed E-state index contributed by atoms with van der Waals surface area (Å²) in [5.74, 6) is -0.988. The summed E-state index contributed by atoms with van der Waals surface area (Å²) in [6, 6.07) is 0.573. The third kappa shape index (κ3) is 4.02. The molecule has 1 rings (SSSR count). The number of nitro groups is 1. The van der Waals surface area contributed by atoms with E-state index in [1.807, 2.05) is 6.92 Å². The lowest BCUT2D eigenvalue weighted by Gasteiger charge is -2.06. The van der Waals surface area contributed by atoms with Crippen molar-refractivity contribution in [3.63, 3.8) is 0 Å². The van der Waals surface area contributed by atoms with E-state index in [0.29, 0.717) is 12.1 Å². The number of carbonyl (C=O) groups excluding carboxylic acids is 2. The van der Waals surface area contributed by atoms with E-state index in [1.54, 1.807) is 0 Å². The van der Waals surface area contributed by atoms with Crippen LogP contribution < -0.4 is 10.6 Å². The fraction of sp³-hybridized carbons (Fsp3) is 0.364. The normalized spacial score (nSPS) is 9.79. The van der Waals surface area contributed by atoms with Crippen molar-refractivity contribution in [3.05, 3.63) is 33.5 Å². The lowest BCUT2D eigenvalue weighted by molar-refractivity contribution is -0.389. The van der Waals surface area contributed by atoms with E-state index in [9.17, 15) is 19.7 Å². The van der Waals surface area contributed by atoms with Gasteiger partial charge in [-0.15, -0.1) is 0 Å². The molecular formula is C11H14N4O4. The van der Waals surface area contributed by atoms with E-state index in [2.05, 4.69) is 15.6 Å². The van der Waals surface area contributed by atoms with Gasteiger partial charge in [-0.2, -0.15) is 0 Å². The second-order valence-corrected chi connectivity index (χ2v) is 3.82. The van der Waals surface area contributed by atoms with Gasteiger partial charge < -0.3 is 15.4 Å². The van der Waals surface area contributed by atoms with Crippen molar-refractivity contribution in [1.29, 1.82) is 0 Å². The summed E-state index contributed by atoms with van der Waals surface area (Å²) in [6.07, 6.45) is 1.83. The van der Waals surface area contributed by atoms with Crippen molar-refractivity contribution in [2.24, 2.45) is 0 Å². The largest absolute Gasteiger partial charge is 0.363 e. The minimum Gasteiger partial charge on any atom is -0.358 e. The van der Waals surface area contributed by atoms with Crippen molar-refractivity contribution >= 4 is 17.8 Å². The Balaban J connectivity index is 2.77. The first-order valence-corrected chi connectivity index (χ1v) is 5.66. The molecule has 0 aromatic carbocycles. The number of nitrogens with zero attached hydrogens (tertiary/aromatic N) is 2. The van der Waals surface area contributed by atoms with Gasteiger partial charge >= 0.3 is 11.8 Å². The molecule has 3 amide bonds. The highest BCUT2D eigenvalue weighted by molar-refractivity contribution is 6.04. The first kappa shape index (κ1) is 14.6. The number of nitrogens with one attached hydrogen (secondary N) is 2. The Morgan fingerprint density at radius 2 is 2.16 bits per heavy atom. The van der Waals surface area contributed by atoms with Gasteiger partial charge in [-0.1, -0.05) is 6.92 Å². The molecule has 1 aromatic heterocycles. The summed E-state index contributed by atoms with van der Waals surface area (Å²) in [5.41, 5.74) is 0.500. The van der Waals surface area contributed by atoms with E-state index in [4.69, 9.17) is 0 Å². The van der Waals surface area contributed by atoms with Crippen molar-refractivity contribution < 1.29 is 14.5 Å². The number of aromatic nitrogens is 1. The monoisotopic (exact) mass is 266 g/mol.